The van der Waals surface area contributed by atoms with Gasteiger partial charge in [0, 0.05) is 42.9 Å². The van der Waals surface area contributed by atoms with E-state index < -0.39 is 0 Å². The summed E-state index contributed by atoms with van der Waals surface area (Å²) in [5.74, 6) is 0.646. The molecule has 1 aromatic carbocycles. The van der Waals surface area contributed by atoms with Gasteiger partial charge in [0.05, 0.1) is 6.61 Å². The smallest absolute Gasteiger partial charge is 0.253 e. The van der Waals surface area contributed by atoms with Crippen LogP contribution in [0.1, 0.15) is 37.6 Å². The van der Waals surface area contributed by atoms with E-state index in [1.54, 1.807) is 0 Å². The first-order valence-corrected chi connectivity index (χ1v) is 7.89. The van der Waals surface area contributed by atoms with Crippen LogP contribution in [-0.2, 0) is 4.74 Å². The Morgan fingerprint density at radius 3 is 2.81 bits per heavy atom. The van der Waals surface area contributed by atoms with Gasteiger partial charge in [0.25, 0.3) is 5.91 Å². The summed E-state index contributed by atoms with van der Waals surface area (Å²) < 4.78 is 5.44. The maximum atomic E-state index is 12.4. The van der Waals surface area contributed by atoms with Crippen molar-refractivity contribution in [1.82, 2.24) is 4.90 Å². The number of hydrogen-bond donors (Lipinski definition) is 1. The van der Waals surface area contributed by atoms with Gasteiger partial charge in [-0.3, -0.25) is 4.79 Å². The van der Waals surface area contributed by atoms with Gasteiger partial charge >= 0.3 is 0 Å². The van der Waals surface area contributed by atoms with E-state index in [0.29, 0.717) is 12.0 Å². The molecule has 4 heteroatoms. The van der Waals surface area contributed by atoms with Crippen molar-refractivity contribution in [3.63, 3.8) is 0 Å². The molecule has 4 nitrogen and oxygen atoms in total. The van der Waals surface area contributed by atoms with E-state index in [2.05, 4.69) is 12.2 Å². The molecule has 1 aromatic rings. The van der Waals surface area contributed by atoms with E-state index in [1.165, 1.54) is 0 Å². The Bertz CT molecular complexity index is 466. The molecule has 2 rings (SSSR count). The number of benzene rings is 1. The lowest BCUT2D eigenvalue weighted by Gasteiger charge is -2.22. The molecule has 1 heterocycles. The Morgan fingerprint density at radius 2 is 2.19 bits per heavy atom. The van der Waals surface area contributed by atoms with Crippen molar-refractivity contribution in [2.45, 2.75) is 33.2 Å². The molecule has 0 aliphatic carbocycles. The minimum atomic E-state index is 0.0977. The Hall–Kier alpha value is -1.55. The van der Waals surface area contributed by atoms with Crippen LogP contribution in [0.5, 0.6) is 0 Å². The monoisotopic (exact) mass is 290 g/mol. The van der Waals surface area contributed by atoms with Crippen molar-refractivity contribution in [1.29, 1.82) is 0 Å². The van der Waals surface area contributed by atoms with E-state index >= 15 is 0 Å². The minimum absolute atomic E-state index is 0.0977. The first-order valence-electron chi connectivity index (χ1n) is 7.89. The van der Waals surface area contributed by atoms with E-state index in [9.17, 15) is 4.79 Å². The van der Waals surface area contributed by atoms with Crippen molar-refractivity contribution in [3.05, 3.63) is 29.8 Å². The molecule has 1 aliphatic rings. The highest BCUT2D eigenvalue weighted by Gasteiger charge is 2.22. The second-order valence-electron chi connectivity index (χ2n) is 5.61. The van der Waals surface area contributed by atoms with Gasteiger partial charge in [-0.1, -0.05) is 6.07 Å². The number of carbonyl (C=O) groups excluding carboxylic acids is 1. The molecule has 116 valence electrons. The molecule has 0 bridgehead atoms. The van der Waals surface area contributed by atoms with E-state index in [-0.39, 0.29) is 5.91 Å². The number of nitrogens with one attached hydrogen (secondary N) is 1. The van der Waals surface area contributed by atoms with Crippen LogP contribution in [0.15, 0.2) is 24.3 Å². The molecule has 1 aliphatic heterocycles. The SMILES string of the molecule is CCN(CC)C(=O)c1cccc(NC(C)C2CCOC2)c1. The molecule has 1 N–H and O–H groups in total. The molecule has 1 amide bonds. The molecule has 0 saturated carbocycles. The molecular weight excluding hydrogens is 264 g/mol. The van der Waals surface area contributed by atoms with Crippen LogP contribution >= 0.6 is 0 Å². The molecule has 2 atom stereocenters. The highest BCUT2D eigenvalue weighted by molar-refractivity contribution is 5.95. The Kier molecular flexibility index (Phi) is 5.62. The average Bonchev–Trinajstić information content (AvgIpc) is 3.03. The van der Waals surface area contributed by atoms with Crippen molar-refractivity contribution in [2.75, 3.05) is 31.6 Å². The van der Waals surface area contributed by atoms with Crippen molar-refractivity contribution < 1.29 is 9.53 Å². The number of rotatable bonds is 6. The zero-order chi connectivity index (χ0) is 15.2. The molecule has 1 saturated heterocycles. The normalized spacial score (nSPS) is 19.3. The van der Waals surface area contributed by atoms with Crippen LogP contribution < -0.4 is 5.32 Å². The lowest BCUT2D eigenvalue weighted by atomic mass is 10.0. The third-order valence-electron chi connectivity index (χ3n) is 4.23. The quantitative estimate of drug-likeness (QED) is 0.875. The van der Waals surface area contributed by atoms with Crippen molar-refractivity contribution in [2.24, 2.45) is 5.92 Å². The summed E-state index contributed by atoms with van der Waals surface area (Å²) in [5.41, 5.74) is 1.76. The largest absolute Gasteiger partial charge is 0.382 e. The maximum absolute atomic E-state index is 12.4. The minimum Gasteiger partial charge on any atom is -0.382 e. The maximum Gasteiger partial charge on any atom is 0.253 e. The predicted molar refractivity (Wildman–Crippen MR) is 85.7 cm³/mol. The Balaban J connectivity index is 2.04. The van der Waals surface area contributed by atoms with Crippen molar-refractivity contribution in [3.8, 4) is 0 Å². The lowest BCUT2D eigenvalue weighted by molar-refractivity contribution is 0.0773. The Morgan fingerprint density at radius 1 is 1.43 bits per heavy atom. The molecule has 0 aromatic heterocycles. The number of carbonyl (C=O) groups is 1. The highest BCUT2D eigenvalue weighted by atomic mass is 16.5. The summed E-state index contributed by atoms with van der Waals surface area (Å²) in [6.45, 7) is 9.35. The first kappa shape index (κ1) is 15.8. The number of amides is 1. The number of nitrogens with zero attached hydrogens (tertiary/aromatic N) is 1. The summed E-state index contributed by atoms with van der Waals surface area (Å²) in [4.78, 5) is 14.2. The fraction of sp³-hybridized carbons (Fsp3) is 0.588. The van der Waals surface area contributed by atoms with Gasteiger partial charge in [-0.2, -0.15) is 0 Å². The summed E-state index contributed by atoms with van der Waals surface area (Å²) in [7, 11) is 0. The molecule has 0 spiro atoms. The van der Waals surface area contributed by atoms with Crippen LogP contribution in [0.2, 0.25) is 0 Å². The van der Waals surface area contributed by atoms with Crippen LogP contribution in [0, 0.1) is 5.92 Å². The van der Waals surface area contributed by atoms with Crippen LogP contribution in [0.25, 0.3) is 0 Å². The second-order valence-corrected chi connectivity index (χ2v) is 5.61. The predicted octanol–water partition coefficient (Wildman–Crippen LogP) is 3.01. The van der Waals surface area contributed by atoms with Gasteiger partial charge in [-0.15, -0.1) is 0 Å². The zero-order valence-corrected chi connectivity index (χ0v) is 13.3. The lowest BCUT2D eigenvalue weighted by Crippen LogP contribution is -2.30. The molecule has 21 heavy (non-hydrogen) atoms. The van der Waals surface area contributed by atoms with E-state index in [1.807, 2.05) is 43.0 Å². The fourth-order valence-corrected chi connectivity index (χ4v) is 2.76. The van der Waals surface area contributed by atoms with E-state index in [4.69, 9.17) is 4.74 Å². The first-order chi connectivity index (χ1) is 10.2. The zero-order valence-electron chi connectivity index (χ0n) is 13.3. The number of hydrogen-bond acceptors (Lipinski definition) is 3. The van der Waals surface area contributed by atoms with Gasteiger partial charge in [-0.05, 0) is 45.4 Å². The van der Waals surface area contributed by atoms with E-state index in [0.717, 1.165) is 44.0 Å². The van der Waals surface area contributed by atoms with Gasteiger partial charge in [0.15, 0.2) is 0 Å². The van der Waals surface area contributed by atoms with Gasteiger partial charge in [-0.25, -0.2) is 0 Å². The van der Waals surface area contributed by atoms with Crippen molar-refractivity contribution >= 4 is 11.6 Å². The third kappa shape index (κ3) is 3.97. The molecule has 1 fully saturated rings. The molecular formula is C17H26N2O2. The fourth-order valence-electron chi connectivity index (χ4n) is 2.76. The standard InChI is InChI=1S/C17H26N2O2/c1-4-19(5-2)17(20)14-7-6-8-16(11-14)18-13(3)15-9-10-21-12-15/h6-8,11,13,15,18H,4-5,9-10,12H2,1-3H3. The van der Waals surface area contributed by atoms with Crippen LogP contribution in [-0.4, -0.2) is 43.2 Å². The van der Waals surface area contributed by atoms with Gasteiger partial charge in [0.1, 0.15) is 0 Å². The molecule has 0 radical (unpaired) electrons. The van der Waals surface area contributed by atoms with Gasteiger partial charge in [0.2, 0.25) is 0 Å². The summed E-state index contributed by atoms with van der Waals surface area (Å²) in [6, 6.07) is 8.15. The van der Waals surface area contributed by atoms with Crippen LogP contribution in [0.4, 0.5) is 5.69 Å². The second kappa shape index (κ2) is 7.46. The molecule has 2 unspecified atom stereocenters. The average molecular weight is 290 g/mol. The van der Waals surface area contributed by atoms with Crippen LogP contribution in [0.3, 0.4) is 0 Å². The summed E-state index contributed by atoms with van der Waals surface area (Å²) in [5, 5.41) is 3.50. The van der Waals surface area contributed by atoms with Gasteiger partial charge < -0.3 is 15.0 Å². The third-order valence-corrected chi connectivity index (χ3v) is 4.23. The highest BCUT2D eigenvalue weighted by Crippen LogP contribution is 2.21. The number of ether oxygens (including phenoxy) is 1. The number of anilines is 1. The summed E-state index contributed by atoms with van der Waals surface area (Å²) >= 11 is 0. The topological polar surface area (TPSA) is 41.6 Å². The Labute approximate surface area is 127 Å². The summed E-state index contributed by atoms with van der Waals surface area (Å²) in [6.07, 6.45) is 1.10.